The van der Waals surface area contributed by atoms with Crippen molar-refractivity contribution in [1.82, 2.24) is 25.1 Å². The van der Waals surface area contributed by atoms with E-state index in [1.807, 2.05) is 4.68 Å². The van der Waals surface area contributed by atoms with E-state index < -0.39 is 0 Å². The predicted molar refractivity (Wildman–Crippen MR) is 85.8 cm³/mol. The van der Waals surface area contributed by atoms with Crippen molar-refractivity contribution in [2.24, 2.45) is 5.92 Å². The van der Waals surface area contributed by atoms with Crippen molar-refractivity contribution in [3.8, 4) is 0 Å². The summed E-state index contributed by atoms with van der Waals surface area (Å²) < 4.78 is 7.06. The first kappa shape index (κ1) is 15.6. The van der Waals surface area contributed by atoms with E-state index in [1.165, 1.54) is 17.7 Å². The molecule has 2 aromatic rings. The maximum atomic E-state index is 5.18. The summed E-state index contributed by atoms with van der Waals surface area (Å²) >= 11 is 1.77. The van der Waals surface area contributed by atoms with E-state index in [1.54, 1.807) is 18.4 Å². The predicted octanol–water partition coefficient (Wildman–Crippen LogP) is 2.20. The van der Waals surface area contributed by atoms with Gasteiger partial charge in [0.2, 0.25) is 0 Å². The highest BCUT2D eigenvalue weighted by Gasteiger charge is 2.31. The van der Waals surface area contributed by atoms with E-state index in [2.05, 4.69) is 44.9 Å². The van der Waals surface area contributed by atoms with Crippen LogP contribution in [-0.4, -0.2) is 51.9 Å². The molecule has 0 aromatic carbocycles. The molecule has 0 aliphatic carbocycles. The fourth-order valence-electron chi connectivity index (χ4n) is 3.12. The van der Waals surface area contributed by atoms with Gasteiger partial charge in [0.05, 0.1) is 13.2 Å². The number of tetrazole rings is 1. The van der Waals surface area contributed by atoms with Crippen LogP contribution >= 0.6 is 11.3 Å². The van der Waals surface area contributed by atoms with Gasteiger partial charge in [0.1, 0.15) is 6.04 Å². The fraction of sp³-hybridized carbons (Fsp3) is 0.667. The minimum atomic E-state index is 0.148. The Labute approximate surface area is 135 Å². The van der Waals surface area contributed by atoms with Crippen molar-refractivity contribution < 1.29 is 4.74 Å². The summed E-state index contributed by atoms with van der Waals surface area (Å²) in [6, 6.07) is 4.43. The lowest BCUT2D eigenvalue weighted by Crippen LogP contribution is -2.39. The zero-order valence-corrected chi connectivity index (χ0v) is 14.0. The van der Waals surface area contributed by atoms with Crippen molar-refractivity contribution in [2.45, 2.75) is 32.4 Å². The Hall–Kier alpha value is -1.31. The summed E-state index contributed by atoms with van der Waals surface area (Å²) in [5.41, 5.74) is 0. The number of thiophene rings is 1. The molecule has 0 spiro atoms. The van der Waals surface area contributed by atoms with E-state index in [4.69, 9.17) is 4.74 Å². The van der Waals surface area contributed by atoms with Gasteiger partial charge < -0.3 is 4.74 Å². The summed E-state index contributed by atoms with van der Waals surface area (Å²) in [6.07, 6.45) is 2.55. The Morgan fingerprint density at radius 1 is 1.50 bits per heavy atom. The lowest BCUT2D eigenvalue weighted by atomic mass is 9.98. The van der Waals surface area contributed by atoms with Gasteiger partial charge in [0, 0.05) is 18.5 Å². The summed E-state index contributed by atoms with van der Waals surface area (Å²) in [7, 11) is 1.70. The van der Waals surface area contributed by atoms with Gasteiger partial charge in [-0.2, -0.15) is 0 Å². The Balaban J connectivity index is 1.90. The zero-order valence-electron chi connectivity index (χ0n) is 13.2. The third kappa shape index (κ3) is 3.37. The van der Waals surface area contributed by atoms with Crippen molar-refractivity contribution in [1.29, 1.82) is 0 Å². The SMILES string of the molecule is COCCn1nnnc1[C@H](c1cccs1)N1CCC[C@@H](C)C1. The highest BCUT2D eigenvalue weighted by Crippen LogP contribution is 2.33. The number of piperidine rings is 1. The summed E-state index contributed by atoms with van der Waals surface area (Å²) in [4.78, 5) is 3.83. The maximum Gasteiger partial charge on any atom is 0.173 e. The normalized spacial score (nSPS) is 21.1. The topological polar surface area (TPSA) is 56.1 Å². The molecule has 7 heteroatoms. The number of nitrogens with zero attached hydrogens (tertiary/aromatic N) is 5. The summed E-state index contributed by atoms with van der Waals surface area (Å²) in [6.45, 7) is 5.82. The highest BCUT2D eigenvalue weighted by molar-refractivity contribution is 7.10. The molecule has 1 aliphatic rings. The standard InChI is InChI=1S/C15H23N5OS/c1-12-5-3-7-19(11-12)14(13-6-4-10-22-13)15-16-17-18-20(15)8-9-21-2/h4,6,10,12,14H,3,5,7-9,11H2,1-2H3/t12-,14+/m1/s1. The molecule has 2 aromatic heterocycles. The Bertz CT molecular complexity index is 570. The molecule has 0 saturated carbocycles. The van der Waals surface area contributed by atoms with Gasteiger partial charge in [-0.15, -0.1) is 16.4 Å². The molecule has 1 saturated heterocycles. The van der Waals surface area contributed by atoms with E-state index in [0.717, 1.165) is 24.8 Å². The van der Waals surface area contributed by atoms with Gasteiger partial charge in [0.15, 0.2) is 5.82 Å². The third-order valence-corrected chi connectivity index (χ3v) is 5.10. The molecule has 6 nitrogen and oxygen atoms in total. The fourth-order valence-corrected chi connectivity index (χ4v) is 3.98. The molecule has 1 aliphatic heterocycles. The lowest BCUT2D eigenvalue weighted by molar-refractivity contribution is 0.139. The van der Waals surface area contributed by atoms with Crippen LogP contribution in [0, 0.1) is 5.92 Å². The van der Waals surface area contributed by atoms with Crippen LogP contribution in [0.1, 0.15) is 36.5 Å². The first-order chi connectivity index (χ1) is 10.8. The number of rotatable bonds is 6. The molecular formula is C15H23N5OS. The first-order valence-corrected chi connectivity index (χ1v) is 8.70. The largest absolute Gasteiger partial charge is 0.383 e. The highest BCUT2D eigenvalue weighted by atomic mass is 32.1. The van der Waals surface area contributed by atoms with Crippen molar-refractivity contribution in [3.05, 3.63) is 28.2 Å². The average molecular weight is 321 g/mol. The third-order valence-electron chi connectivity index (χ3n) is 4.18. The van der Waals surface area contributed by atoms with E-state index in [0.29, 0.717) is 13.2 Å². The smallest absolute Gasteiger partial charge is 0.173 e. The Morgan fingerprint density at radius 2 is 2.41 bits per heavy atom. The number of ether oxygens (including phenoxy) is 1. The van der Waals surface area contributed by atoms with Crippen LogP contribution in [0.15, 0.2) is 17.5 Å². The lowest BCUT2D eigenvalue weighted by Gasteiger charge is -2.36. The molecule has 1 fully saturated rings. The molecule has 22 heavy (non-hydrogen) atoms. The van der Waals surface area contributed by atoms with Crippen LogP contribution in [0.4, 0.5) is 0 Å². The van der Waals surface area contributed by atoms with Crippen molar-refractivity contribution >= 4 is 11.3 Å². The van der Waals surface area contributed by atoms with Crippen LogP contribution in [0.3, 0.4) is 0 Å². The van der Waals surface area contributed by atoms with Gasteiger partial charge in [-0.1, -0.05) is 13.0 Å². The summed E-state index contributed by atoms with van der Waals surface area (Å²) in [5, 5.41) is 14.5. The Kier molecular flexibility index (Phi) is 5.17. The molecule has 2 atom stereocenters. The molecule has 0 radical (unpaired) electrons. The van der Waals surface area contributed by atoms with Crippen molar-refractivity contribution in [3.63, 3.8) is 0 Å². The molecule has 3 heterocycles. The summed E-state index contributed by atoms with van der Waals surface area (Å²) in [5.74, 6) is 1.65. The van der Waals surface area contributed by atoms with Gasteiger partial charge in [-0.25, -0.2) is 4.68 Å². The second-order valence-corrected chi connectivity index (χ2v) is 6.89. The Morgan fingerprint density at radius 3 is 3.14 bits per heavy atom. The van der Waals surface area contributed by atoms with Crippen LogP contribution in [0.5, 0.6) is 0 Å². The minimum absolute atomic E-state index is 0.148. The molecule has 0 bridgehead atoms. The maximum absolute atomic E-state index is 5.18. The van der Waals surface area contributed by atoms with E-state index in [9.17, 15) is 0 Å². The van der Waals surface area contributed by atoms with Crippen LogP contribution in [-0.2, 0) is 11.3 Å². The second-order valence-electron chi connectivity index (χ2n) is 5.91. The molecule has 0 N–H and O–H groups in total. The molecule has 0 unspecified atom stereocenters. The van der Waals surface area contributed by atoms with Gasteiger partial charge in [-0.05, 0) is 47.2 Å². The molecule has 0 amide bonds. The quantitative estimate of drug-likeness (QED) is 0.816. The average Bonchev–Trinajstić information content (AvgIpc) is 3.18. The number of methoxy groups -OCH3 is 1. The monoisotopic (exact) mass is 321 g/mol. The van der Waals surface area contributed by atoms with Gasteiger partial charge in [0.25, 0.3) is 0 Å². The van der Waals surface area contributed by atoms with Gasteiger partial charge >= 0.3 is 0 Å². The molecule has 120 valence electrons. The number of hydrogen-bond acceptors (Lipinski definition) is 6. The van der Waals surface area contributed by atoms with Crippen LogP contribution < -0.4 is 0 Å². The molecular weight excluding hydrogens is 298 g/mol. The van der Waals surface area contributed by atoms with E-state index >= 15 is 0 Å². The zero-order chi connectivity index (χ0) is 15.4. The minimum Gasteiger partial charge on any atom is -0.383 e. The van der Waals surface area contributed by atoms with Crippen LogP contribution in [0.2, 0.25) is 0 Å². The van der Waals surface area contributed by atoms with E-state index in [-0.39, 0.29) is 6.04 Å². The first-order valence-electron chi connectivity index (χ1n) is 7.82. The number of aromatic nitrogens is 4. The van der Waals surface area contributed by atoms with Crippen molar-refractivity contribution in [2.75, 3.05) is 26.8 Å². The van der Waals surface area contributed by atoms with Crippen LogP contribution in [0.25, 0.3) is 0 Å². The van der Waals surface area contributed by atoms with Gasteiger partial charge in [-0.3, -0.25) is 4.90 Å². The molecule has 3 rings (SSSR count). The second kappa shape index (κ2) is 7.30. The number of likely N-dealkylation sites (tertiary alicyclic amines) is 1. The number of hydrogen-bond donors (Lipinski definition) is 0.